The molecule has 0 saturated heterocycles. The first-order valence-corrected chi connectivity index (χ1v) is 4.74. The van der Waals surface area contributed by atoms with Crippen molar-refractivity contribution in [3.05, 3.63) is 34.6 Å². The Kier molecular flexibility index (Phi) is 2.46. The molecule has 0 saturated carbocycles. The van der Waals surface area contributed by atoms with Crippen LogP contribution in [0.5, 0.6) is 0 Å². The van der Waals surface area contributed by atoms with E-state index in [1.807, 2.05) is 0 Å². The average molecular weight is 269 g/mol. The van der Waals surface area contributed by atoms with Gasteiger partial charge in [-0.15, -0.1) is 5.10 Å². The Labute approximate surface area is 92.7 Å². The molecule has 0 fully saturated rings. The Bertz CT molecular complexity index is 497. The van der Waals surface area contributed by atoms with E-state index in [4.69, 9.17) is 5.11 Å². The zero-order chi connectivity index (χ0) is 10.8. The topological polar surface area (TPSA) is 80.9 Å². The molecule has 0 radical (unpaired) electrons. The number of hydrogen-bond acceptors (Lipinski definition) is 4. The van der Waals surface area contributed by atoms with Crippen LogP contribution in [0.15, 0.2) is 29.0 Å². The zero-order valence-corrected chi connectivity index (χ0v) is 8.92. The maximum atomic E-state index is 10.9. The maximum Gasteiger partial charge on any atom is 0.336 e. The van der Waals surface area contributed by atoms with Crippen LogP contribution < -0.4 is 0 Å². The molecule has 76 valence electrons. The van der Waals surface area contributed by atoms with Crippen molar-refractivity contribution in [3.63, 3.8) is 0 Å². The van der Waals surface area contributed by atoms with Gasteiger partial charge in [0.05, 0.1) is 11.3 Å². The van der Waals surface area contributed by atoms with Crippen molar-refractivity contribution in [2.24, 2.45) is 0 Å². The van der Waals surface area contributed by atoms with Gasteiger partial charge in [-0.25, -0.2) is 9.48 Å². The van der Waals surface area contributed by atoms with E-state index in [2.05, 4.69) is 31.5 Å². The summed E-state index contributed by atoms with van der Waals surface area (Å²) in [5.41, 5.74) is 0.767. The summed E-state index contributed by atoms with van der Waals surface area (Å²) in [6.07, 6.45) is 1.40. The van der Waals surface area contributed by atoms with Crippen LogP contribution in [0.1, 0.15) is 10.4 Å². The van der Waals surface area contributed by atoms with Crippen LogP contribution in [0, 0.1) is 0 Å². The molecule has 0 aliphatic carbocycles. The first-order valence-electron chi connectivity index (χ1n) is 3.94. The molecule has 0 spiro atoms. The average Bonchev–Trinajstić information content (AvgIpc) is 2.71. The molecule has 15 heavy (non-hydrogen) atoms. The summed E-state index contributed by atoms with van der Waals surface area (Å²) in [7, 11) is 0. The second-order valence-electron chi connectivity index (χ2n) is 2.72. The molecular weight excluding hydrogens is 264 g/mol. The molecule has 1 heterocycles. The summed E-state index contributed by atoms with van der Waals surface area (Å²) in [6.45, 7) is 0. The number of tetrazole rings is 1. The van der Waals surface area contributed by atoms with Crippen LogP contribution in [0.4, 0.5) is 0 Å². The summed E-state index contributed by atoms with van der Waals surface area (Å²) < 4.78 is 1.91. The fourth-order valence-electron chi connectivity index (χ4n) is 1.10. The summed E-state index contributed by atoms with van der Waals surface area (Å²) in [5, 5.41) is 19.5. The summed E-state index contributed by atoms with van der Waals surface area (Å²) in [4.78, 5) is 10.9. The number of carbonyl (C=O) groups is 1. The van der Waals surface area contributed by atoms with Gasteiger partial charge in [-0.2, -0.15) is 0 Å². The molecule has 0 amide bonds. The molecule has 1 aromatic carbocycles. The quantitative estimate of drug-likeness (QED) is 0.883. The Morgan fingerprint density at radius 1 is 1.47 bits per heavy atom. The number of rotatable bonds is 2. The van der Waals surface area contributed by atoms with Gasteiger partial charge in [-0.05, 0) is 44.6 Å². The third-order valence-corrected chi connectivity index (χ3v) is 2.49. The minimum Gasteiger partial charge on any atom is -0.478 e. The smallest absolute Gasteiger partial charge is 0.336 e. The predicted molar refractivity (Wildman–Crippen MR) is 53.8 cm³/mol. The highest BCUT2D eigenvalue weighted by atomic mass is 79.9. The number of nitrogens with zero attached hydrogens (tertiary/aromatic N) is 4. The SMILES string of the molecule is O=C(O)c1cc(-n2cnnn2)ccc1Br. The lowest BCUT2D eigenvalue weighted by Crippen LogP contribution is -2.01. The molecule has 0 bridgehead atoms. The van der Waals surface area contributed by atoms with E-state index < -0.39 is 5.97 Å². The fraction of sp³-hybridized carbons (Fsp3) is 0. The van der Waals surface area contributed by atoms with Crippen LogP contribution >= 0.6 is 15.9 Å². The predicted octanol–water partition coefficient (Wildman–Crippen LogP) is 1.12. The zero-order valence-electron chi connectivity index (χ0n) is 7.33. The molecule has 0 unspecified atom stereocenters. The Balaban J connectivity index is 2.52. The van der Waals surface area contributed by atoms with Crippen LogP contribution in [0.3, 0.4) is 0 Å². The monoisotopic (exact) mass is 268 g/mol. The van der Waals surface area contributed by atoms with E-state index >= 15 is 0 Å². The maximum absolute atomic E-state index is 10.9. The highest BCUT2D eigenvalue weighted by molar-refractivity contribution is 9.10. The van der Waals surface area contributed by atoms with Crippen molar-refractivity contribution < 1.29 is 9.90 Å². The Morgan fingerprint density at radius 3 is 2.87 bits per heavy atom. The van der Waals surface area contributed by atoms with Gasteiger partial charge >= 0.3 is 5.97 Å². The van der Waals surface area contributed by atoms with E-state index in [9.17, 15) is 4.79 Å². The van der Waals surface area contributed by atoms with Crippen molar-refractivity contribution in [1.82, 2.24) is 20.2 Å². The third kappa shape index (κ3) is 1.86. The summed E-state index contributed by atoms with van der Waals surface area (Å²) >= 11 is 3.15. The van der Waals surface area contributed by atoms with E-state index in [0.717, 1.165) is 0 Å². The van der Waals surface area contributed by atoms with Gasteiger partial charge < -0.3 is 5.11 Å². The minimum atomic E-state index is -1.00. The number of aromatic carboxylic acids is 1. The van der Waals surface area contributed by atoms with Gasteiger partial charge in [0.15, 0.2) is 0 Å². The second-order valence-corrected chi connectivity index (χ2v) is 3.58. The number of aromatic nitrogens is 4. The molecule has 0 atom stereocenters. The lowest BCUT2D eigenvalue weighted by molar-refractivity contribution is 0.0696. The van der Waals surface area contributed by atoms with Crippen LogP contribution in [-0.4, -0.2) is 31.3 Å². The summed E-state index contributed by atoms with van der Waals surface area (Å²) in [6, 6.07) is 4.84. The van der Waals surface area contributed by atoms with Crippen molar-refractivity contribution in [1.29, 1.82) is 0 Å². The second kappa shape index (κ2) is 3.77. The molecule has 6 nitrogen and oxygen atoms in total. The van der Waals surface area contributed by atoms with Crippen LogP contribution in [0.25, 0.3) is 5.69 Å². The molecule has 2 rings (SSSR count). The molecule has 1 aromatic heterocycles. The first kappa shape index (κ1) is 9.78. The lowest BCUT2D eigenvalue weighted by atomic mass is 10.2. The largest absolute Gasteiger partial charge is 0.478 e. The molecule has 2 aromatic rings. The number of hydrogen-bond donors (Lipinski definition) is 1. The number of carboxylic acids is 1. The molecule has 1 N–H and O–H groups in total. The standard InChI is InChI=1S/C8H5BrN4O2/c9-7-2-1-5(3-6(7)8(14)15)13-4-10-11-12-13/h1-4H,(H,14,15). The van der Waals surface area contributed by atoms with E-state index in [-0.39, 0.29) is 5.56 Å². The van der Waals surface area contributed by atoms with Crippen molar-refractivity contribution in [3.8, 4) is 5.69 Å². The number of halogens is 1. The van der Waals surface area contributed by atoms with Crippen LogP contribution in [-0.2, 0) is 0 Å². The minimum absolute atomic E-state index is 0.169. The van der Waals surface area contributed by atoms with Gasteiger partial charge in [0, 0.05) is 4.47 Å². The lowest BCUT2D eigenvalue weighted by Gasteiger charge is -2.02. The van der Waals surface area contributed by atoms with Gasteiger partial charge in [-0.1, -0.05) is 0 Å². The molecular formula is C8H5BrN4O2. The van der Waals surface area contributed by atoms with Crippen molar-refractivity contribution >= 4 is 21.9 Å². The molecule has 0 aliphatic heterocycles. The number of benzene rings is 1. The van der Waals surface area contributed by atoms with E-state index in [1.54, 1.807) is 12.1 Å². The number of carboxylic acid groups (broad SMARTS) is 1. The molecule has 7 heteroatoms. The first-order chi connectivity index (χ1) is 7.18. The van der Waals surface area contributed by atoms with Gasteiger partial charge in [0.1, 0.15) is 6.33 Å². The van der Waals surface area contributed by atoms with Gasteiger partial charge in [-0.3, -0.25) is 0 Å². The van der Waals surface area contributed by atoms with E-state index in [1.165, 1.54) is 17.1 Å². The van der Waals surface area contributed by atoms with Gasteiger partial charge in [0.2, 0.25) is 0 Å². The van der Waals surface area contributed by atoms with Crippen molar-refractivity contribution in [2.45, 2.75) is 0 Å². The van der Waals surface area contributed by atoms with Crippen LogP contribution in [0.2, 0.25) is 0 Å². The van der Waals surface area contributed by atoms with Crippen molar-refractivity contribution in [2.75, 3.05) is 0 Å². The third-order valence-electron chi connectivity index (χ3n) is 1.79. The highest BCUT2D eigenvalue weighted by Crippen LogP contribution is 2.19. The summed E-state index contributed by atoms with van der Waals surface area (Å²) in [5.74, 6) is -1.00. The highest BCUT2D eigenvalue weighted by Gasteiger charge is 2.10. The fourth-order valence-corrected chi connectivity index (χ4v) is 1.52. The Morgan fingerprint density at radius 2 is 2.27 bits per heavy atom. The van der Waals surface area contributed by atoms with Gasteiger partial charge in [0.25, 0.3) is 0 Å². The molecule has 0 aliphatic rings. The van der Waals surface area contributed by atoms with E-state index in [0.29, 0.717) is 10.2 Å². The Hall–Kier alpha value is -1.76. The normalized spacial score (nSPS) is 10.2.